The first-order valence-corrected chi connectivity index (χ1v) is 8.71. The summed E-state index contributed by atoms with van der Waals surface area (Å²) in [6, 6.07) is 0. The minimum Gasteiger partial charge on any atom is -0.314 e. The van der Waals surface area contributed by atoms with Crippen molar-refractivity contribution in [1.82, 2.24) is 14.9 Å². The number of piperazine rings is 1. The van der Waals surface area contributed by atoms with Crippen LogP contribution < -0.4 is 10.0 Å². The van der Waals surface area contributed by atoms with Gasteiger partial charge in [-0.25, -0.2) is 13.1 Å². The normalized spacial score (nSPS) is 20.6. The number of halogens is 2. The summed E-state index contributed by atoms with van der Waals surface area (Å²) < 4.78 is 26.3. The zero-order valence-corrected chi connectivity index (χ0v) is 14.3. The van der Waals surface area contributed by atoms with Gasteiger partial charge in [0.25, 0.3) is 0 Å². The SMILES string of the molecule is Cl.Cl.O=S(=O)(CCC1CCC1)NCCN1CCNCC1. The van der Waals surface area contributed by atoms with Crippen LogP contribution in [0.15, 0.2) is 0 Å². The maximum Gasteiger partial charge on any atom is 0.211 e. The highest BCUT2D eigenvalue weighted by molar-refractivity contribution is 7.89. The molecule has 0 spiro atoms. The molecule has 1 saturated carbocycles. The molecule has 2 fully saturated rings. The topological polar surface area (TPSA) is 61.4 Å². The van der Waals surface area contributed by atoms with Crippen LogP contribution in [0.4, 0.5) is 0 Å². The molecule has 0 aromatic heterocycles. The van der Waals surface area contributed by atoms with E-state index in [1.54, 1.807) is 0 Å². The van der Waals surface area contributed by atoms with Crippen LogP contribution >= 0.6 is 24.8 Å². The summed E-state index contributed by atoms with van der Waals surface area (Å²) in [7, 11) is -3.05. The monoisotopic (exact) mass is 347 g/mol. The Morgan fingerprint density at radius 3 is 2.35 bits per heavy atom. The molecule has 122 valence electrons. The zero-order chi connectivity index (χ0) is 12.8. The molecule has 0 radical (unpaired) electrons. The third kappa shape index (κ3) is 7.43. The fourth-order valence-electron chi connectivity index (χ4n) is 2.47. The number of nitrogens with one attached hydrogen (secondary N) is 2. The van der Waals surface area contributed by atoms with Gasteiger partial charge in [0.2, 0.25) is 10.0 Å². The second-order valence-corrected chi connectivity index (χ2v) is 7.32. The van der Waals surface area contributed by atoms with Crippen LogP contribution in [0, 0.1) is 5.92 Å². The molecule has 5 nitrogen and oxygen atoms in total. The van der Waals surface area contributed by atoms with E-state index in [-0.39, 0.29) is 24.8 Å². The van der Waals surface area contributed by atoms with Gasteiger partial charge in [-0.1, -0.05) is 19.3 Å². The minimum atomic E-state index is -3.05. The van der Waals surface area contributed by atoms with E-state index in [0.717, 1.165) is 39.1 Å². The Labute approximate surface area is 135 Å². The Balaban J connectivity index is 0.00000180. The Kier molecular flexibility index (Phi) is 10.4. The predicted octanol–water partition coefficient (Wildman–Crippen LogP) is 0.845. The van der Waals surface area contributed by atoms with Gasteiger partial charge in [-0.2, -0.15) is 0 Å². The van der Waals surface area contributed by atoms with Crippen molar-refractivity contribution in [3.63, 3.8) is 0 Å². The number of nitrogens with zero attached hydrogens (tertiary/aromatic N) is 1. The van der Waals surface area contributed by atoms with E-state index in [2.05, 4.69) is 14.9 Å². The highest BCUT2D eigenvalue weighted by atomic mass is 35.5. The maximum absolute atomic E-state index is 11.8. The van der Waals surface area contributed by atoms with Gasteiger partial charge in [0.1, 0.15) is 0 Å². The molecule has 20 heavy (non-hydrogen) atoms. The van der Waals surface area contributed by atoms with Crippen LogP contribution in [0.25, 0.3) is 0 Å². The van der Waals surface area contributed by atoms with Crippen LogP contribution in [0.3, 0.4) is 0 Å². The van der Waals surface area contributed by atoms with E-state index in [9.17, 15) is 8.42 Å². The molecule has 0 atom stereocenters. The molecule has 2 rings (SSSR count). The van der Waals surface area contributed by atoms with Gasteiger partial charge in [-0.3, -0.25) is 4.90 Å². The molecule has 0 amide bonds. The van der Waals surface area contributed by atoms with E-state index in [4.69, 9.17) is 0 Å². The smallest absolute Gasteiger partial charge is 0.211 e. The summed E-state index contributed by atoms with van der Waals surface area (Å²) in [5.74, 6) is 0.967. The van der Waals surface area contributed by atoms with Gasteiger partial charge in [0.15, 0.2) is 0 Å². The average Bonchev–Trinajstić information content (AvgIpc) is 2.28. The first-order chi connectivity index (χ1) is 8.66. The molecular formula is C12H27Cl2N3O2S. The Morgan fingerprint density at radius 1 is 1.15 bits per heavy atom. The van der Waals surface area contributed by atoms with Crippen LogP contribution in [0.1, 0.15) is 25.7 Å². The van der Waals surface area contributed by atoms with Crippen molar-refractivity contribution in [2.45, 2.75) is 25.7 Å². The van der Waals surface area contributed by atoms with Crippen molar-refractivity contribution >= 4 is 34.8 Å². The van der Waals surface area contributed by atoms with Gasteiger partial charge in [-0.15, -0.1) is 24.8 Å². The zero-order valence-electron chi connectivity index (χ0n) is 11.8. The summed E-state index contributed by atoms with van der Waals surface area (Å²) in [4.78, 5) is 2.30. The highest BCUT2D eigenvalue weighted by Gasteiger charge is 2.20. The van der Waals surface area contributed by atoms with Crippen molar-refractivity contribution in [3.05, 3.63) is 0 Å². The van der Waals surface area contributed by atoms with Crippen molar-refractivity contribution < 1.29 is 8.42 Å². The number of rotatable bonds is 7. The van der Waals surface area contributed by atoms with E-state index in [1.807, 2.05) is 0 Å². The summed E-state index contributed by atoms with van der Waals surface area (Å²) >= 11 is 0. The molecule has 2 N–H and O–H groups in total. The third-order valence-electron chi connectivity index (χ3n) is 3.98. The van der Waals surface area contributed by atoms with E-state index in [1.165, 1.54) is 19.3 Å². The Hall–Kier alpha value is 0.410. The predicted molar refractivity (Wildman–Crippen MR) is 87.6 cm³/mol. The molecule has 1 aliphatic heterocycles. The summed E-state index contributed by atoms with van der Waals surface area (Å²) in [6.45, 7) is 5.42. The highest BCUT2D eigenvalue weighted by Crippen LogP contribution is 2.29. The lowest BCUT2D eigenvalue weighted by Gasteiger charge is -2.27. The average molecular weight is 348 g/mol. The summed E-state index contributed by atoms with van der Waals surface area (Å²) in [5.41, 5.74) is 0. The van der Waals surface area contributed by atoms with Crippen molar-refractivity contribution in [1.29, 1.82) is 0 Å². The summed E-state index contributed by atoms with van der Waals surface area (Å²) in [5, 5.41) is 3.29. The van der Waals surface area contributed by atoms with Crippen LogP contribution in [-0.2, 0) is 10.0 Å². The fourth-order valence-corrected chi connectivity index (χ4v) is 3.66. The van der Waals surface area contributed by atoms with E-state index >= 15 is 0 Å². The Morgan fingerprint density at radius 2 is 1.80 bits per heavy atom. The molecule has 0 aromatic rings. The first-order valence-electron chi connectivity index (χ1n) is 7.06. The standard InChI is InChI=1S/C12H25N3O2S.2ClH/c16-18(17,11-4-12-2-1-3-12)14-7-10-15-8-5-13-6-9-15;;/h12-14H,1-11H2;2*1H. The molecular weight excluding hydrogens is 321 g/mol. The molecule has 1 saturated heterocycles. The molecule has 0 aromatic carbocycles. The van der Waals surface area contributed by atoms with Crippen LogP contribution in [-0.4, -0.2) is 58.3 Å². The summed E-state index contributed by atoms with van der Waals surface area (Å²) in [6.07, 6.45) is 4.55. The van der Waals surface area contributed by atoms with Crippen LogP contribution in [0.2, 0.25) is 0 Å². The van der Waals surface area contributed by atoms with Crippen molar-refractivity contribution in [2.24, 2.45) is 5.92 Å². The second kappa shape index (κ2) is 10.2. The third-order valence-corrected chi connectivity index (χ3v) is 5.40. The number of hydrogen-bond acceptors (Lipinski definition) is 4. The van der Waals surface area contributed by atoms with Gasteiger partial charge < -0.3 is 5.32 Å². The molecule has 0 bridgehead atoms. The molecule has 0 unspecified atom stereocenters. The van der Waals surface area contributed by atoms with E-state index in [0.29, 0.717) is 18.2 Å². The quantitative estimate of drug-likeness (QED) is 0.716. The van der Waals surface area contributed by atoms with Gasteiger partial charge in [-0.05, 0) is 12.3 Å². The van der Waals surface area contributed by atoms with Gasteiger partial charge >= 0.3 is 0 Å². The van der Waals surface area contributed by atoms with Crippen LogP contribution in [0.5, 0.6) is 0 Å². The molecule has 1 heterocycles. The number of hydrogen-bond donors (Lipinski definition) is 2. The lowest BCUT2D eigenvalue weighted by Crippen LogP contribution is -2.46. The maximum atomic E-state index is 11.8. The first kappa shape index (κ1) is 20.4. The van der Waals surface area contributed by atoms with Gasteiger partial charge in [0.05, 0.1) is 5.75 Å². The van der Waals surface area contributed by atoms with E-state index < -0.39 is 10.0 Å². The fraction of sp³-hybridized carbons (Fsp3) is 1.00. The lowest BCUT2D eigenvalue weighted by molar-refractivity contribution is 0.245. The lowest BCUT2D eigenvalue weighted by atomic mass is 9.84. The minimum absolute atomic E-state index is 0. The number of sulfonamides is 1. The molecule has 2 aliphatic rings. The molecule has 8 heteroatoms. The largest absolute Gasteiger partial charge is 0.314 e. The van der Waals surface area contributed by atoms with Crippen molar-refractivity contribution in [3.8, 4) is 0 Å². The Bertz CT molecular complexity index is 345. The van der Waals surface area contributed by atoms with Crippen molar-refractivity contribution in [2.75, 3.05) is 45.0 Å². The second-order valence-electron chi connectivity index (χ2n) is 5.39. The van der Waals surface area contributed by atoms with Gasteiger partial charge in [0, 0.05) is 39.3 Å². The molecule has 1 aliphatic carbocycles.